The fraction of sp³-hybridized carbons (Fsp3) is 0.533. The number of carbonyl (C=O) groups excluding carboxylic acids is 2. The summed E-state index contributed by atoms with van der Waals surface area (Å²) in [4.78, 5) is 29.9. The number of nitrogens with one attached hydrogen (secondary N) is 2. The van der Waals surface area contributed by atoms with Gasteiger partial charge in [-0.15, -0.1) is 12.4 Å². The van der Waals surface area contributed by atoms with E-state index in [-0.39, 0.29) is 36.7 Å². The van der Waals surface area contributed by atoms with Crippen molar-refractivity contribution >= 4 is 46.0 Å². The van der Waals surface area contributed by atoms with Gasteiger partial charge in [-0.1, -0.05) is 0 Å². The van der Waals surface area contributed by atoms with E-state index in [1.165, 1.54) is 4.90 Å². The number of piperidine rings is 1. The highest BCUT2D eigenvalue weighted by molar-refractivity contribution is 9.10. The zero-order valence-electron chi connectivity index (χ0n) is 13.2. The molecule has 2 heterocycles. The zero-order chi connectivity index (χ0) is 16.1. The Morgan fingerprint density at radius 1 is 1.48 bits per heavy atom. The highest BCUT2D eigenvalue weighted by Gasteiger charge is 2.27. The predicted molar refractivity (Wildman–Crippen MR) is 95.6 cm³/mol. The number of likely N-dealkylation sites (N-methyl/N-ethyl adjacent to an activating group) is 1. The van der Waals surface area contributed by atoms with Gasteiger partial charge in [-0.2, -0.15) is 0 Å². The molecule has 0 aromatic carbocycles. The minimum Gasteiger partial charge on any atom is -0.336 e. The molecule has 0 spiro atoms. The number of halogens is 2. The molecule has 1 aromatic heterocycles. The van der Waals surface area contributed by atoms with Crippen molar-refractivity contribution in [2.75, 3.05) is 25.5 Å². The molecule has 2 atom stereocenters. The molecule has 0 saturated carbocycles. The van der Waals surface area contributed by atoms with Gasteiger partial charge in [-0.05, 0) is 54.4 Å². The van der Waals surface area contributed by atoms with E-state index in [0.717, 1.165) is 23.9 Å². The van der Waals surface area contributed by atoms with E-state index < -0.39 is 0 Å². The Balaban J connectivity index is 0.00000264. The summed E-state index contributed by atoms with van der Waals surface area (Å²) in [5, 5.41) is 6.01. The van der Waals surface area contributed by atoms with Crippen molar-refractivity contribution in [3.05, 3.63) is 22.8 Å². The number of pyridine rings is 1. The molecule has 8 heteroatoms. The lowest BCUT2D eigenvalue weighted by Crippen LogP contribution is -2.44. The molecule has 2 amide bonds. The van der Waals surface area contributed by atoms with Crippen molar-refractivity contribution in [1.29, 1.82) is 0 Å². The number of hydrogen-bond donors (Lipinski definition) is 2. The molecule has 1 aliphatic rings. The van der Waals surface area contributed by atoms with Crippen molar-refractivity contribution in [2.45, 2.75) is 25.8 Å². The van der Waals surface area contributed by atoms with Gasteiger partial charge in [0.05, 0.1) is 6.54 Å². The van der Waals surface area contributed by atoms with Crippen LogP contribution in [0.3, 0.4) is 0 Å². The number of aromatic nitrogens is 1. The summed E-state index contributed by atoms with van der Waals surface area (Å²) in [6.45, 7) is 2.96. The summed E-state index contributed by atoms with van der Waals surface area (Å²) in [7, 11) is 1.67. The zero-order valence-corrected chi connectivity index (χ0v) is 15.6. The van der Waals surface area contributed by atoms with Crippen LogP contribution < -0.4 is 10.6 Å². The highest BCUT2D eigenvalue weighted by Crippen LogP contribution is 2.18. The van der Waals surface area contributed by atoms with Crippen molar-refractivity contribution in [3.63, 3.8) is 0 Å². The van der Waals surface area contributed by atoms with Gasteiger partial charge >= 0.3 is 0 Å². The third kappa shape index (κ3) is 6.08. The van der Waals surface area contributed by atoms with Crippen LogP contribution in [0.15, 0.2) is 22.8 Å². The largest absolute Gasteiger partial charge is 0.336 e. The first-order valence-corrected chi connectivity index (χ1v) is 8.14. The van der Waals surface area contributed by atoms with Crippen molar-refractivity contribution < 1.29 is 9.59 Å². The first kappa shape index (κ1) is 19.9. The van der Waals surface area contributed by atoms with E-state index >= 15 is 0 Å². The normalized spacial score (nSPS) is 20.3. The number of rotatable bonds is 4. The fourth-order valence-corrected chi connectivity index (χ4v) is 2.83. The van der Waals surface area contributed by atoms with E-state index in [9.17, 15) is 9.59 Å². The molecule has 1 aromatic rings. The molecule has 2 rings (SSSR count). The average molecular weight is 406 g/mol. The van der Waals surface area contributed by atoms with Gasteiger partial charge in [0, 0.05) is 29.7 Å². The molecule has 0 aliphatic carbocycles. The van der Waals surface area contributed by atoms with Gasteiger partial charge in [-0.3, -0.25) is 9.59 Å². The smallest absolute Gasteiger partial charge is 0.245 e. The van der Waals surface area contributed by atoms with Crippen LogP contribution in [0.2, 0.25) is 0 Å². The van der Waals surface area contributed by atoms with Gasteiger partial charge in [0.25, 0.3) is 0 Å². The predicted octanol–water partition coefficient (Wildman–Crippen LogP) is 2.05. The second-order valence-electron chi connectivity index (χ2n) is 5.68. The third-order valence-electron chi connectivity index (χ3n) is 3.72. The van der Waals surface area contributed by atoms with E-state index in [1.807, 2.05) is 0 Å². The van der Waals surface area contributed by atoms with Gasteiger partial charge < -0.3 is 15.5 Å². The molecule has 0 bridgehead atoms. The number of amides is 2. The fourth-order valence-electron chi connectivity index (χ4n) is 2.59. The maximum atomic E-state index is 12.4. The summed E-state index contributed by atoms with van der Waals surface area (Å²) in [5.74, 6) is 0.268. The van der Waals surface area contributed by atoms with Gasteiger partial charge in [0.15, 0.2) is 0 Å². The topological polar surface area (TPSA) is 74.3 Å². The summed E-state index contributed by atoms with van der Waals surface area (Å²) in [5.41, 5.74) is 0. The van der Waals surface area contributed by atoms with Crippen molar-refractivity contribution in [2.24, 2.45) is 5.92 Å². The number of nitrogens with zero attached hydrogens (tertiary/aromatic N) is 2. The molecule has 1 fully saturated rings. The Hall–Kier alpha value is -1.18. The summed E-state index contributed by atoms with van der Waals surface area (Å²) in [6.07, 6.45) is 3.25. The molecule has 0 unspecified atom stereocenters. The van der Waals surface area contributed by atoms with Crippen LogP contribution in [0, 0.1) is 5.92 Å². The Labute approximate surface area is 150 Å². The molecule has 1 aliphatic heterocycles. The minimum absolute atomic E-state index is 0. The number of anilines is 1. The summed E-state index contributed by atoms with van der Waals surface area (Å²) in [6, 6.07) is 3.85. The first-order chi connectivity index (χ1) is 10.5. The van der Waals surface area contributed by atoms with Crippen molar-refractivity contribution in [3.8, 4) is 0 Å². The van der Waals surface area contributed by atoms with Crippen LogP contribution in [0.4, 0.5) is 5.82 Å². The monoisotopic (exact) mass is 404 g/mol. The summed E-state index contributed by atoms with van der Waals surface area (Å²) < 4.78 is 0.845. The summed E-state index contributed by atoms with van der Waals surface area (Å²) >= 11 is 3.29. The van der Waals surface area contributed by atoms with Crippen LogP contribution in [-0.4, -0.2) is 47.9 Å². The van der Waals surface area contributed by atoms with E-state index in [2.05, 4.69) is 38.5 Å². The Kier molecular flexibility index (Phi) is 7.94. The van der Waals surface area contributed by atoms with Crippen LogP contribution in [0.25, 0.3) is 0 Å². The SMILES string of the molecule is C[C@H]1C[C@@H](C(=O)N(C)CC(=O)Nc2ccc(Br)cn2)CCN1.Cl. The maximum Gasteiger partial charge on any atom is 0.245 e. The van der Waals surface area contributed by atoms with Crippen molar-refractivity contribution in [1.82, 2.24) is 15.2 Å². The highest BCUT2D eigenvalue weighted by atomic mass is 79.9. The molecule has 6 nitrogen and oxygen atoms in total. The van der Waals surface area contributed by atoms with Gasteiger partial charge in [0.2, 0.25) is 11.8 Å². The third-order valence-corrected chi connectivity index (χ3v) is 4.19. The quantitative estimate of drug-likeness (QED) is 0.804. The Bertz CT molecular complexity index is 541. The molecular formula is C15H22BrClN4O2. The molecule has 23 heavy (non-hydrogen) atoms. The number of hydrogen-bond acceptors (Lipinski definition) is 4. The van der Waals surface area contributed by atoms with E-state index in [4.69, 9.17) is 0 Å². The van der Waals surface area contributed by atoms with E-state index in [0.29, 0.717) is 11.9 Å². The van der Waals surface area contributed by atoms with Crippen LogP contribution in [0.1, 0.15) is 19.8 Å². The van der Waals surface area contributed by atoms with Crippen LogP contribution in [-0.2, 0) is 9.59 Å². The molecule has 128 valence electrons. The second kappa shape index (κ2) is 9.20. The standard InChI is InChI=1S/C15H21BrN4O2.ClH/c1-10-7-11(5-6-17-10)15(22)20(2)9-14(21)19-13-4-3-12(16)8-18-13;/h3-4,8,10-11,17H,5-7,9H2,1-2H3,(H,18,19,21);1H/t10-,11-;/m0./s1. The van der Waals surface area contributed by atoms with Gasteiger partial charge in [-0.25, -0.2) is 4.98 Å². The minimum atomic E-state index is -0.243. The Morgan fingerprint density at radius 3 is 2.83 bits per heavy atom. The van der Waals surface area contributed by atoms with Crippen LogP contribution in [0.5, 0.6) is 0 Å². The molecular weight excluding hydrogens is 384 g/mol. The maximum absolute atomic E-state index is 12.4. The first-order valence-electron chi connectivity index (χ1n) is 7.35. The van der Waals surface area contributed by atoms with Crippen LogP contribution >= 0.6 is 28.3 Å². The average Bonchev–Trinajstić information content (AvgIpc) is 2.48. The lowest BCUT2D eigenvalue weighted by atomic mass is 9.92. The molecule has 0 radical (unpaired) electrons. The van der Waals surface area contributed by atoms with E-state index in [1.54, 1.807) is 25.4 Å². The molecule has 2 N–H and O–H groups in total. The lowest BCUT2D eigenvalue weighted by Gasteiger charge is -2.30. The Morgan fingerprint density at radius 2 is 2.22 bits per heavy atom. The van der Waals surface area contributed by atoms with Gasteiger partial charge in [0.1, 0.15) is 5.82 Å². The second-order valence-corrected chi connectivity index (χ2v) is 6.60. The lowest BCUT2D eigenvalue weighted by molar-refractivity contribution is -0.137. The molecule has 1 saturated heterocycles. The number of carbonyl (C=O) groups is 2.